The van der Waals surface area contributed by atoms with Gasteiger partial charge in [0.05, 0.1) is 5.01 Å². The predicted molar refractivity (Wildman–Crippen MR) is 44.3 cm³/mol. The van der Waals surface area contributed by atoms with Crippen LogP contribution < -0.4 is 5.73 Å². The molecule has 3 nitrogen and oxygen atoms in total. The van der Waals surface area contributed by atoms with Gasteiger partial charge in [0.1, 0.15) is 5.69 Å². The van der Waals surface area contributed by atoms with Crippen LogP contribution in [0.3, 0.4) is 0 Å². The summed E-state index contributed by atoms with van der Waals surface area (Å²) in [5, 5.41) is 2.61. The zero-order valence-corrected chi connectivity index (χ0v) is 7.02. The molecule has 0 spiro atoms. The fraction of sp³-hybridized carbons (Fsp3) is 0.286. The predicted octanol–water partition coefficient (Wildman–Crippen LogP) is 1.01. The van der Waals surface area contributed by atoms with Gasteiger partial charge in [-0.2, -0.15) is 0 Å². The lowest BCUT2D eigenvalue weighted by atomic mass is 10.3. The Labute approximate surface area is 69.3 Å². The summed E-state index contributed by atoms with van der Waals surface area (Å²) in [6, 6.07) is 0. The number of rotatable bonds is 3. The molecule has 4 heteroatoms. The third-order valence-corrected chi connectivity index (χ3v) is 2.05. The lowest BCUT2D eigenvalue weighted by Gasteiger charge is -1.86. The van der Waals surface area contributed by atoms with E-state index in [4.69, 9.17) is 5.73 Å². The maximum Gasteiger partial charge on any atom is 0.268 e. The summed E-state index contributed by atoms with van der Waals surface area (Å²) >= 11 is 1.46. The van der Waals surface area contributed by atoms with Crippen LogP contribution in [0.25, 0.3) is 0 Å². The first-order chi connectivity index (χ1) is 5.24. The van der Waals surface area contributed by atoms with Crippen molar-refractivity contribution < 1.29 is 4.79 Å². The summed E-state index contributed by atoms with van der Waals surface area (Å²) in [5.74, 6) is -0.455. The average molecular weight is 169 g/mol. The van der Waals surface area contributed by atoms with Gasteiger partial charge in [0.25, 0.3) is 5.91 Å². The van der Waals surface area contributed by atoms with Gasteiger partial charge in [0.15, 0.2) is 0 Å². The maximum absolute atomic E-state index is 10.6. The molecular weight excluding hydrogens is 160 g/mol. The van der Waals surface area contributed by atoms with Gasteiger partial charge in [-0.3, -0.25) is 4.79 Å². The highest BCUT2D eigenvalue weighted by atomic mass is 32.1. The van der Waals surface area contributed by atoms with Gasteiger partial charge in [0.2, 0.25) is 0 Å². The second-order valence-electron chi connectivity index (χ2n) is 2.10. The lowest BCUT2D eigenvalue weighted by molar-refractivity contribution is 0.0996. The van der Waals surface area contributed by atoms with Crippen molar-refractivity contribution in [1.82, 2.24) is 4.98 Å². The van der Waals surface area contributed by atoms with Crippen molar-refractivity contribution in [3.63, 3.8) is 0 Å². The molecule has 1 amide bonds. The number of nitrogens with two attached hydrogens (primary N) is 1. The Balaban J connectivity index is 2.73. The molecule has 1 aromatic rings. The molecule has 0 aliphatic heterocycles. The molecule has 0 saturated carbocycles. The van der Waals surface area contributed by atoms with E-state index in [1.54, 1.807) is 5.38 Å². The van der Waals surface area contributed by atoms with E-state index in [0.717, 1.165) is 11.4 Å². The van der Waals surface area contributed by atoms with E-state index in [1.165, 1.54) is 11.3 Å². The van der Waals surface area contributed by atoms with Gasteiger partial charge < -0.3 is 5.73 Å². The smallest absolute Gasteiger partial charge is 0.268 e. The maximum atomic E-state index is 10.6. The number of carbonyl (C=O) groups is 1. The van der Waals surface area contributed by atoms with E-state index in [0.29, 0.717) is 5.69 Å². The third kappa shape index (κ3) is 2.01. The van der Waals surface area contributed by atoms with Crippen LogP contribution >= 0.6 is 11.3 Å². The summed E-state index contributed by atoms with van der Waals surface area (Å²) < 4.78 is 0. The van der Waals surface area contributed by atoms with E-state index >= 15 is 0 Å². The first-order valence-corrected chi connectivity index (χ1v) is 4.14. The van der Waals surface area contributed by atoms with Crippen LogP contribution in [-0.4, -0.2) is 10.9 Å². The largest absolute Gasteiger partial charge is 0.364 e. The van der Waals surface area contributed by atoms with Crippen molar-refractivity contribution in [2.24, 2.45) is 5.73 Å². The van der Waals surface area contributed by atoms with Gasteiger partial charge in [-0.15, -0.1) is 11.3 Å². The summed E-state index contributed by atoms with van der Waals surface area (Å²) in [4.78, 5) is 14.6. The molecule has 11 heavy (non-hydrogen) atoms. The molecule has 0 atom stereocenters. The second kappa shape index (κ2) is 3.48. The highest BCUT2D eigenvalue weighted by molar-refractivity contribution is 7.09. The number of hydrogen-bond acceptors (Lipinski definition) is 3. The van der Waals surface area contributed by atoms with Crippen molar-refractivity contribution in [1.29, 1.82) is 0 Å². The molecule has 0 aromatic carbocycles. The average Bonchev–Trinajstić information content (AvgIpc) is 2.37. The lowest BCUT2D eigenvalue weighted by Crippen LogP contribution is -2.11. The molecule has 59 valence electrons. The summed E-state index contributed by atoms with van der Waals surface area (Å²) in [7, 11) is 0. The van der Waals surface area contributed by atoms with Crippen molar-refractivity contribution in [3.05, 3.63) is 22.5 Å². The Morgan fingerprint density at radius 3 is 3.09 bits per heavy atom. The molecular formula is C7H9N2OS. The molecule has 1 rings (SSSR count). The van der Waals surface area contributed by atoms with Crippen LogP contribution in [0, 0.1) is 6.42 Å². The first kappa shape index (κ1) is 8.20. The molecule has 1 aromatic heterocycles. The monoisotopic (exact) mass is 169 g/mol. The summed E-state index contributed by atoms with van der Waals surface area (Å²) in [5.41, 5.74) is 5.39. The van der Waals surface area contributed by atoms with E-state index < -0.39 is 5.91 Å². The third-order valence-electron chi connectivity index (χ3n) is 1.18. The molecule has 0 aliphatic carbocycles. The van der Waals surface area contributed by atoms with Crippen LogP contribution in [-0.2, 0) is 6.42 Å². The van der Waals surface area contributed by atoms with Crippen LogP contribution in [0.4, 0.5) is 0 Å². The Morgan fingerprint density at radius 2 is 2.64 bits per heavy atom. The van der Waals surface area contributed by atoms with Crippen molar-refractivity contribution in [2.75, 3.05) is 0 Å². The highest BCUT2D eigenvalue weighted by Gasteiger charge is 2.04. The van der Waals surface area contributed by atoms with Gasteiger partial charge in [0, 0.05) is 11.8 Å². The molecule has 1 heterocycles. The summed E-state index contributed by atoms with van der Waals surface area (Å²) in [6.45, 7) is 1.95. The molecule has 2 N–H and O–H groups in total. The minimum absolute atomic E-state index is 0.367. The number of thiazole rings is 1. The number of primary amides is 1. The van der Waals surface area contributed by atoms with E-state index in [1.807, 2.05) is 13.3 Å². The number of nitrogens with zero attached hydrogens (tertiary/aromatic N) is 1. The quantitative estimate of drug-likeness (QED) is 0.734. The first-order valence-electron chi connectivity index (χ1n) is 3.26. The minimum atomic E-state index is -0.455. The number of hydrogen-bond donors (Lipinski definition) is 1. The highest BCUT2D eigenvalue weighted by Crippen LogP contribution is 2.10. The van der Waals surface area contributed by atoms with Crippen LogP contribution in [0.1, 0.15) is 22.4 Å². The molecule has 0 aliphatic rings. The second-order valence-corrected chi connectivity index (χ2v) is 3.05. The zero-order valence-electron chi connectivity index (χ0n) is 6.20. The molecule has 1 radical (unpaired) electrons. The molecule has 0 unspecified atom stereocenters. The number of aromatic nitrogens is 1. The molecule has 0 saturated heterocycles. The van der Waals surface area contributed by atoms with Gasteiger partial charge in [-0.05, 0) is 6.42 Å². The minimum Gasteiger partial charge on any atom is -0.364 e. The molecule has 0 fully saturated rings. The van der Waals surface area contributed by atoms with E-state index in [9.17, 15) is 4.79 Å². The topological polar surface area (TPSA) is 56.0 Å². The van der Waals surface area contributed by atoms with Gasteiger partial charge in [-0.25, -0.2) is 4.98 Å². The van der Waals surface area contributed by atoms with Gasteiger partial charge in [-0.1, -0.05) is 6.92 Å². The van der Waals surface area contributed by atoms with Crippen LogP contribution in [0.2, 0.25) is 0 Å². The SMILES string of the molecule is C[CH]Cc1nc(C(N)=O)cs1. The molecule has 0 bridgehead atoms. The zero-order chi connectivity index (χ0) is 8.27. The van der Waals surface area contributed by atoms with Crippen LogP contribution in [0.5, 0.6) is 0 Å². The van der Waals surface area contributed by atoms with Gasteiger partial charge >= 0.3 is 0 Å². The Kier molecular flexibility index (Phi) is 2.59. The Hall–Kier alpha value is -0.900. The van der Waals surface area contributed by atoms with Crippen molar-refractivity contribution >= 4 is 17.2 Å². The number of carbonyl (C=O) groups excluding carboxylic acids is 1. The number of amides is 1. The summed E-state index contributed by atoms with van der Waals surface area (Å²) in [6.07, 6.45) is 2.79. The Bertz CT molecular complexity index is 257. The fourth-order valence-corrected chi connectivity index (χ4v) is 1.52. The normalized spacial score (nSPS) is 9.91. The van der Waals surface area contributed by atoms with E-state index in [-0.39, 0.29) is 0 Å². The Morgan fingerprint density at radius 1 is 1.91 bits per heavy atom. The fourth-order valence-electron chi connectivity index (χ4n) is 0.692. The standard InChI is InChI=1S/C7H9N2OS/c1-2-3-6-9-5(4-11-6)7(8)10/h2,4H,3H2,1H3,(H2,8,10). The van der Waals surface area contributed by atoms with Crippen LogP contribution in [0.15, 0.2) is 5.38 Å². The van der Waals surface area contributed by atoms with Crippen molar-refractivity contribution in [2.45, 2.75) is 13.3 Å². The van der Waals surface area contributed by atoms with Crippen molar-refractivity contribution in [3.8, 4) is 0 Å². The van der Waals surface area contributed by atoms with E-state index in [2.05, 4.69) is 4.98 Å².